The van der Waals surface area contributed by atoms with Gasteiger partial charge in [-0.2, -0.15) is 0 Å². The maximum atomic E-state index is 13.2. The first-order valence-electron chi connectivity index (χ1n) is 3.67. The van der Waals surface area contributed by atoms with E-state index >= 15 is 0 Å². The molecule has 0 aromatic carbocycles. The lowest BCUT2D eigenvalue weighted by molar-refractivity contribution is -0.185. The first-order chi connectivity index (χ1) is 5.01. The second-order valence-corrected chi connectivity index (χ2v) is 3.07. The lowest BCUT2D eigenvalue weighted by atomic mass is 9.86. The van der Waals surface area contributed by atoms with Gasteiger partial charge in [-0.05, 0) is 0 Å². The summed E-state index contributed by atoms with van der Waals surface area (Å²) in [6.45, 7) is 0.898. The minimum Gasteiger partial charge on any atom is -0.390 e. The van der Waals surface area contributed by atoms with Crippen molar-refractivity contribution >= 4 is 7.85 Å². The molecule has 0 aromatic heterocycles. The second kappa shape index (κ2) is 2.73. The maximum Gasteiger partial charge on any atom is 0.258 e. The summed E-state index contributed by atoms with van der Waals surface area (Å²) in [5, 5.41) is 17.8. The first-order valence-corrected chi connectivity index (χ1v) is 3.67. The molecule has 4 atom stereocenters. The summed E-state index contributed by atoms with van der Waals surface area (Å²) in [5.74, 6) is -2.52. The van der Waals surface area contributed by atoms with E-state index in [-0.39, 0.29) is 11.9 Å². The Morgan fingerprint density at radius 3 is 2.45 bits per heavy atom. The van der Waals surface area contributed by atoms with Crippen LogP contribution < -0.4 is 0 Å². The van der Waals surface area contributed by atoms with Gasteiger partial charge in [0.05, 0.1) is 0 Å². The summed E-state index contributed by atoms with van der Waals surface area (Å²) in [7, 11) is 1.67. The predicted molar refractivity (Wildman–Crippen MR) is 39.5 cm³/mol. The third-order valence-electron chi connectivity index (χ3n) is 2.28. The summed E-state index contributed by atoms with van der Waals surface area (Å²) >= 11 is 0. The maximum absolute atomic E-state index is 13.2. The molecule has 0 spiro atoms. The van der Waals surface area contributed by atoms with Crippen LogP contribution in [0.1, 0.15) is 6.92 Å². The van der Waals surface area contributed by atoms with Crippen molar-refractivity contribution in [2.75, 3.05) is 6.61 Å². The molecule has 0 amide bonds. The van der Waals surface area contributed by atoms with Crippen LogP contribution in [-0.4, -0.2) is 42.6 Å². The number of alkyl halides is 1. The highest BCUT2D eigenvalue weighted by molar-refractivity contribution is 6.11. The standard InChI is InChI=1S/C6H12BFO3/c1-3-4(10)6(8,2-9)11-5(3)7/h3-5,9-10H,2,7H2,1H3/t3-,4+,5-,6-/m1/s1. The van der Waals surface area contributed by atoms with Gasteiger partial charge in [0, 0.05) is 11.9 Å². The van der Waals surface area contributed by atoms with E-state index in [9.17, 15) is 9.50 Å². The van der Waals surface area contributed by atoms with Gasteiger partial charge >= 0.3 is 0 Å². The average Bonchev–Trinajstić information content (AvgIpc) is 2.17. The number of hydrogen-bond acceptors (Lipinski definition) is 3. The smallest absolute Gasteiger partial charge is 0.258 e. The monoisotopic (exact) mass is 162 g/mol. The minimum absolute atomic E-state index is 0.271. The van der Waals surface area contributed by atoms with E-state index in [0.29, 0.717) is 0 Å². The fraction of sp³-hybridized carbons (Fsp3) is 1.00. The van der Waals surface area contributed by atoms with Crippen molar-refractivity contribution in [2.45, 2.75) is 24.9 Å². The van der Waals surface area contributed by atoms with Gasteiger partial charge < -0.3 is 14.9 Å². The van der Waals surface area contributed by atoms with E-state index in [1.165, 1.54) is 0 Å². The van der Waals surface area contributed by atoms with Gasteiger partial charge in [0.2, 0.25) is 0 Å². The van der Waals surface area contributed by atoms with Crippen molar-refractivity contribution in [3.8, 4) is 0 Å². The molecular weight excluding hydrogens is 150 g/mol. The van der Waals surface area contributed by atoms with Gasteiger partial charge in [-0.15, -0.1) is 0 Å². The summed E-state index contributed by atoms with van der Waals surface area (Å²) in [6, 6.07) is -0.345. The van der Waals surface area contributed by atoms with Gasteiger partial charge in [0.1, 0.15) is 20.6 Å². The molecule has 1 heterocycles. The van der Waals surface area contributed by atoms with E-state index < -0.39 is 18.6 Å². The second-order valence-electron chi connectivity index (χ2n) is 3.07. The fourth-order valence-electron chi connectivity index (χ4n) is 1.27. The van der Waals surface area contributed by atoms with E-state index in [2.05, 4.69) is 0 Å². The molecule has 5 heteroatoms. The Labute approximate surface area is 65.6 Å². The normalized spacial score (nSPS) is 51.5. The van der Waals surface area contributed by atoms with Gasteiger partial charge in [-0.1, -0.05) is 6.92 Å². The third-order valence-corrected chi connectivity index (χ3v) is 2.28. The zero-order chi connectivity index (χ0) is 8.65. The Hall–Kier alpha value is -0.125. The molecule has 1 aliphatic heterocycles. The Bertz CT molecular complexity index is 157. The molecule has 0 unspecified atom stereocenters. The topological polar surface area (TPSA) is 49.7 Å². The fourth-order valence-corrected chi connectivity index (χ4v) is 1.27. The number of hydrogen-bond donors (Lipinski definition) is 2. The molecule has 1 rings (SSSR count). The molecular formula is C6H12BFO3. The molecule has 0 aliphatic carbocycles. The molecule has 11 heavy (non-hydrogen) atoms. The first kappa shape index (κ1) is 8.97. The van der Waals surface area contributed by atoms with Crippen molar-refractivity contribution < 1.29 is 19.3 Å². The van der Waals surface area contributed by atoms with Crippen LogP contribution in [0.5, 0.6) is 0 Å². The van der Waals surface area contributed by atoms with E-state index in [0.717, 1.165) is 0 Å². The molecule has 0 aromatic rings. The van der Waals surface area contributed by atoms with Crippen molar-refractivity contribution in [2.24, 2.45) is 5.92 Å². The third kappa shape index (κ3) is 1.28. The molecule has 3 nitrogen and oxygen atoms in total. The molecule has 1 aliphatic rings. The highest BCUT2D eigenvalue weighted by Gasteiger charge is 2.51. The van der Waals surface area contributed by atoms with E-state index in [1.807, 2.05) is 0 Å². The Morgan fingerprint density at radius 2 is 2.27 bits per heavy atom. The van der Waals surface area contributed by atoms with Crippen molar-refractivity contribution in [1.29, 1.82) is 0 Å². The number of aliphatic hydroxyl groups excluding tert-OH is 2. The molecule has 0 bridgehead atoms. The SMILES string of the molecule is B[C@@H]1O[C@](F)(CO)[C@@H](O)[C@H]1C. The zero-order valence-corrected chi connectivity index (χ0v) is 6.62. The summed E-state index contributed by atoms with van der Waals surface area (Å²) in [6.07, 6.45) is -1.22. The zero-order valence-electron chi connectivity index (χ0n) is 6.62. The highest BCUT2D eigenvalue weighted by atomic mass is 19.2. The van der Waals surface area contributed by atoms with Gasteiger partial charge in [-0.25, -0.2) is 4.39 Å². The molecule has 0 radical (unpaired) electrons. The highest BCUT2D eigenvalue weighted by Crippen LogP contribution is 2.34. The summed E-state index contributed by atoms with van der Waals surface area (Å²) < 4.78 is 18.0. The predicted octanol–water partition coefficient (Wildman–Crippen LogP) is -1.37. The molecule has 0 saturated carbocycles. The van der Waals surface area contributed by atoms with Crippen LogP contribution in [0.25, 0.3) is 0 Å². The van der Waals surface area contributed by atoms with Crippen LogP contribution >= 0.6 is 0 Å². The van der Waals surface area contributed by atoms with Crippen molar-refractivity contribution in [1.82, 2.24) is 0 Å². The summed E-state index contributed by atoms with van der Waals surface area (Å²) in [5.41, 5.74) is 0. The average molecular weight is 162 g/mol. The van der Waals surface area contributed by atoms with Gasteiger partial charge in [-0.3, -0.25) is 0 Å². The summed E-state index contributed by atoms with van der Waals surface area (Å²) in [4.78, 5) is 0. The quantitative estimate of drug-likeness (QED) is 0.467. The van der Waals surface area contributed by atoms with Crippen molar-refractivity contribution in [3.63, 3.8) is 0 Å². The van der Waals surface area contributed by atoms with Crippen LogP contribution in [0.2, 0.25) is 0 Å². The Morgan fingerprint density at radius 1 is 1.73 bits per heavy atom. The van der Waals surface area contributed by atoms with Gasteiger partial charge in [0.15, 0.2) is 0 Å². The van der Waals surface area contributed by atoms with E-state index in [1.54, 1.807) is 14.8 Å². The molecule has 2 N–H and O–H groups in total. The largest absolute Gasteiger partial charge is 0.390 e. The number of ether oxygens (including phenoxy) is 1. The Balaban J connectivity index is 2.73. The van der Waals surface area contributed by atoms with Crippen LogP contribution in [-0.2, 0) is 4.74 Å². The van der Waals surface area contributed by atoms with Crippen LogP contribution in [0.4, 0.5) is 4.39 Å². The van der Waals surface area contributed by atoms with Crippen LogP contribution in [0.15, 0.2) is 0 Å². The lowest BCUT2D eigenvalue weighted by Crippen LogP contribution is -2.39. The van der Waals surface area contributed by atoms with Gasteiger partial charge in [0.25, 0.3) is 5.85 Å². The Kier molecular flexibility index (Phi) is 2.23. The minimum atomic E-state index is -2.25. The van der Waals surface area contributed by atoms with E-state index in [4.69, 9.17) is 9.84 Å². The van der Waals surface area contributed by atoms with Crippen LogP contribution in [0.3, 0.4) is 0 Å². The molecule has 1 saturated heterocycles. The van der Waals surface area contributed by atoms with Crippen molar-refractivity contribution in [3.05, 3.63) is 0 Å². The number of halogens is 1. The number of aliphatic hydroxyl groups is 2. The number of rotatable bonds is 1. The lowest BCUT2D eigenvalue weighted by Gasteiger charge is -2.20. The molecule has 64 valence electrons. The van der Waals surface area contributed by atoms with Crippen LogP contribution in [0, 0.1) is 5.92 Å². The molecule has 1 fully saturated rings.